The van der Waals surface area contributed by atoms with Crippen molar-refractivity contribution < 1.29 is 9.53 Å². The average molecular weight is 276 g/mol. The summed E-state index contributed by atoms with van der Waals surface area (Å²) in [5.74, 6) is 0.915. The maximum atomic E-state index is 10.9. The number of carbonyl (C=O) groups is 1. The maximum Gasteiger partial charge on any atom is 0.150 e. The zero-order valence-electron chi connectivity index (χ0n) is 13.4. The molecule has 0 spiro atoms. The Morgan fingerprint density at radius 3 is 2.40 bits per heavy atom. The molecule has 0 amide bonds. The van der Waals surface area contributed by atoms with Gasteiger partial charge in [-0.25, -0.2) is 0 Å². The summed E-state index contributed by atoms with van der Waals surface area (Å²) in [5, 5.41) is 0. The fourth-order valence-electron chi connectivity index (χ4n) is 2.22. The lowest BCUT2D eigenvalue weighted by atomic mass is 9.85. The molecule has 0 unspecified atom stereocenters. The first-order valence-corrected chi connectivity index (χ1v) is 7.71. The lowest BCUT2D eigenvalue weighted by Crippen LogP contribution is -2.14. The second-order valence-corrected chi connectivity index (χ2v) is 6.39. The van der Waals surface area contributed by atoms with E-state index in [0.717, 1.165) is 30.6 Å². The van der Waals surface area contributed by atoms with E-state index in [1.54, 1.807) is 0 Å². The van der Waals surface area contributed by atoms with E-state index in [1.807, 2.05) is 18.2 Å². The summed E-state index contributed by atoms with van der Waals surface area (Å²) in [5.41, 5.74) is 1.80. The highest BCUT2D eigenvalue weighted by Gasteiger charge is 2.19. The minimum absolute atomic E-state index is 0.0173. The van der Waals surface area contributed by atoms with Crippen molar-refractivity contribution in [2.24, 2.45) is 0 Å². The first-order chi connectivity index (χ1) is 9.49. The van der Waals surface area contributed by atoms with Crippen LogP contribution in [0.1, 0.15) is 75.7 Å². The fourth-order valence-corrected chi connectivity index (χ4v) is 2.22. The Kier molecular flexibility index (Phi) is 6.77. The zero-order chi connectivity index (χ0) is 15.0. The van der Waals surface area contributed by atoms with E-state index in [9.17, 15) is 4.79 Å². The fraction of sp³-hybridized carbons (Fsp3) is 0.611. The Labute approximate surface area is 123 Å². The van der Waals surface area contributed by atoms with Gasteiger partial charge in [-0.15, -0.1) is 0 Å². The van der Waals surface area contributed by atoms with Crippen LogP contribution < -0.4 is 4.74 Å². The van der Waals surface area contributed by atoms with Crippen molar-refractivity contribution >= 4 is 6.29 Å². The van der Waals surface area contributed by atoms with Gasteiger partial charge in [0.25, 0.3) is 0 Å². The molecule has 0 radical (unpaired) electrons. The van der Waals surface area contributed by atoms with Crippen LogP contribution in [0.4, 0.5) is 0 Å². The molecule has 0 saturated heterocycles. The third-order valence-corrected chi connectivity index (χ3v) is 3.45. The molecule has 2 nitrogen and oxygen atoms in total. The van der Waals surface area contributed by atoms with Crippen LogP contribution in [0.15, 0.2) is 18.2 Å². The van der Waals surface area contributed by atoms with E-state index in [0.29, 0.717) is 5.56 Å². The third kappa shape index (κ3) is 5.36. The van der Waals surface area contributed by atoms with Crippen molar-refractivity contribution in [3.63, 3.8) is 0 Å². The summed E-state index contributed by atoms with van der Waals surface area (Å²) in [6.45, 7) is 9.41. The van der Waals surface area contributed by atoms with Gasteiger partial charge in [-0.1, -0.05) is 53.4 Å². The Hall–Kier alpha value is -1.31. The molecule has 0 N–H and O–H groups in total. The molecule has 0 bridgehead atoms. The van der Waals surface area contributed by atoms with E-state index >= 15 is 0 Å². The summed E-state index contributed by atoms with van der Waals surface area (Å²) in [6, 6.07) is 5.70. The highest BCUT2D eigenvalue weighted by molar-refractivity contribution is 5.75. The summed E-state index contributed by atoms with van der Waals surface area (Å²) >= 11 is 0. The second kappa shape index (κ2) is 8.08. The Morgan fingerprint density at radius 2 is 1.80 bits per heavy atom. The predicted molar refractivity (Wildman–Crippen MR) is 84.8 cm³/mol. The summed E-state index contributed by atoms with van der Waals surface area (Å²) in [7, 11) is 0. The number of hydrogen-bond acceptors (Lipinski definition) is 2. The van der Waals surface area contributed by atoms with Gasteiger partial charge in [0.15, 0.2) is 0 Å². The molecule has 2 heteroatoms. The summed E-state index contributed by atoms with van der Waals surface area (Å²) in [6.07, 6.45) is 7.08. The predicted octanol–water partition coefficient (Wildman–Crippen LogP) is 5.15. The van der Waals surface area contributed by atoms with Crippen LogP contribution in [0.2, 0.25) is 0 Å². The quantitative estimate of drug-likeness (QED) is 0.485. The second-order valence-electron chi connectivity index (χ2n) is 6.39. The molecule has 0 saturated carbocycles. The molecule has 1 aromatic rings. The van der Waals surface area contributed by atoms with Crippen LogP contribution in [-0.2, 0) is 5.41 Å². The Morgan fingerprint density at radius 1 is 1.10 bits per heavy atom. The maximum absolute atomic E-state index is 10.9. The lowest BCUT2D eigenvalue weighted by molar-refractivity contribution is 0.112. The van der Waals surface area contributed by atoms with Crippen LogP contribution in [-0.4, -0.2) is 12.9 Å². The normalized spacial score (nSPS) is 11.4. The highest BCUT2D eigenvalue weighted by Crippen LogP contribution is 2.32. The average Bonchev–Trinajstić information content (AvgIpc) is 2.41. The van der Waals surface area contributed by atoms with E-state index in [2.05, 4.69) is 27.7 Å². The molecular weight excluding hydrogens is 248 g/mol. The first-order valence-electron chi connectivity index (χ1n) is 7.71. The van der Waals surface area contributed by atoms with Crippen molar-refractivity contribution in [3.05, 3.63) is 29.3 Å². The monoisotopic (exact) mass is 276 g/mol. The Bertz CT molecular complexity index is 416. The van der Waals surface area contributed by atoms with Gasteiger partial charge in [-0.2, -0.15) is 0 Å². The van der Waals surface area contributed by atoms with Gasteiger partial charge < -0.3 is 4.74 Å². The van der Waals surface area contributed by atoms with Crippen LogP contribution >= 0.6 is 0 Å². The highest BCUT2D eigenvalue weighted by atomic mass is 16.5. The minimum atomic E-state index is -0.0173. The zero-order valence-corrected chi connectivity index (χ0v) is 13.4. The SMILES string of the molecule is CCCCCCCOc1ccc(C=O)cc1C(C)(C)C. The van der Waals surface area contributed by atoms with Gasteiger partial charge >= 0.3 is 0 Å². The molecule has 112 valence electrons. The van der Waals surface area contributed by atoms with Gasteiger partial charge in [-0.3, -0.25) is 4.79 Å². The number of unbranched alkanes of at least 4 members (excludes halogenated alkanes) is 4. The van der Waals surface area contributed by atoms with Crippen molar-refractivity contribution in [2.75, 3.05) is 6.61 Å². The van der Waals surface area contributed by atoms with Gasteiger partial charge in [0, 0.05) is 11.1 Å². The van der Waals surface area contributed by atoms with E-state index in [1.165, 1.54) is 25.7 Å². The van der Waals surface area contributed by atoms with Crippen molar-refractivity contribution in [3.8, 4) is 5.75 Å². The number of rotatable bonds is 8. The minimum Gasteiger partial charge on any atom is -0.493 e. The molecule has 0 fully saturated rings. The number of carbonyl (C=O) groups excluding carboxylic acids is 1. The number of benzene rings is 1. The first kappa shape index (κ1) is 16.7. The Balaban J connectivity index is 2.62. The molecule has 1 aromatic carbocycles. The van der Waals surface area contributed by atoms with E-state index in [4.69, 9.17) is 4.74 Å². The molecule has 0 aliphatic heterocycles. The van der Waals surface area contributed by atoms with Gasteiger partial charge in [0.2, 0.25) is 0 Å². The topological polar surface area (TPSA) is 26.3 Å². The van der Waals surface area contributed by atoms with Gasteiger partial charge in [0.1, 0.15) is 12.0 Å². The third-order valence-electron chi connectivity index (χ3n) is 3.45. The molecule has 1 rings (SSSR count). The van der Waals surface area contributed by atoms with Gasteiger partial charge in [-0.05, 0) is 30.0 Å². The summed E-state index contributed by atoms with van der Waals surface area (Å²) < 4.78 is 5.93. The molecule has 0 aromatic heterocycles. The smallest absolute Gasteiger partial charge is 0.150 e. The standard InChI is InChI=1S/C18H28O2/c1-5-6-7-8-9-12-20-17-11-10-15(14-19)13-16(17)18(2,3)4/h10-11,13-14H,5-9,12H2,1-4H3. The number of hydrogen-bond donors (Lipinski definition) is 0. The summed E-state index contributed by atoms with van der Waals surface area (Å²) in [4.78, 5) is 10.9. The number of aldehydes is 1. The molecule has 20 heavy (non-hydrogen) atoms. The number of ether oxygens (including phenoxy) is 1. The molecular formula is C18H28O2. The van der Waals surface area contributed by atoms with Gasteiger partial charge in [0.05, 0.1) is 6.61 Å². The van der Waals surface area contributed by atoms with Crippen LogP contribution in [0, 0.1) is 0 Å². The van der Waals surface area contributed by atoms with Crippen molar-refractivity contribution in [1.82, 2.24) is 0 Å². The molecule has 0 heterocycles. The lowest BCUT2D eigenvalue weighted by Gasteiger charge is -2.23. The van der Waals surface area contributed by atoms with Crippen LogP contribution in [0.3, 0.4) is 0 Å². The van der Waals surface area contributed by atoms with Crippen molar-refractivity contribution in [1.29, 1.82) is 0 Å². The molecule has 0 aliphatic rings. The van der Waals surface area contributed by atoms with Crippen molar-refractivity contribution in [2.45, 2.75) is 65.2 Å². The van der Waals surface area contributed by atoms with E-state index < -0.39 is 0 Å². The van der Waals surface area contributed by atoms with Crippen LogP contribution in [0.5, 0.6) is 5.75 Å². The van der Waals surface area contributed by atoms with E-state index in [-0.39, 0.29) is 5.41 Å². The molecule has 0 aliphatic carbocycles. The largest absolute Gasteiger partial charge is 0.493 e. The molecule has 0 atom stereocenters. The van der Waals surface area contributed by atoms with Crippen LogP contribution in [0.25, 0.3) is 0 Å².